The van der Waals surface area contributed by atoms with Crippen LogP contribution in [0.15, 0.2) is 34.8 Å². The fraction of sp³-hybridized carbons (Fsp3) is 0.412. The van der Waals surface area contributed by atoms with Crippen LogP contribution in [-0.4, -0.2) is 6.54 Å². The number of thiophene rings is 1. The molecule has 1 aromatic carbocycles. The predicted molar refractivity (Wildman–Crippen MR) is 93.4 cm³/mol. The van der Waals surface area contributed by atoms with Gasteiger partial charge in [-0.15, -0.1) is 11.3 Å². The molecule has 2 aromatic rings. The van der Waals surface area contributed by atoms with E-state index in [0.29, 0.717) is 12.0 Å². The summed E-state index contributed by atoms with van der Waals surface area (Å²) < 4.78 is 1.14. The summed E-state index contributed by atoms with van der Waals surface area (Å²) in [7, 11) is 0. The van der Waals surface area contributed by atoms with E-state index < -0.39 is 0 Å². The Balaban J connectivity index is 2.34. The van der Waals surface area contributed by atoms with Gasteiger partial charge in [-0.3, -0.25) is 0 Å². The molecule has 0 spiro atoms. The molecule has 20 heavy (non-hydrogen) atoms. The number of hydrogen-bond donors (Lipinski definition) is 1. The van der Waals surface area contributed by atoms with Crippen LogP contribution in [-0.2, 0) is 0 Å². The van der Waals surface area contributed by atoms with Crippen LogP contribution in [0.1, 0.15) is 37.3 Å². The van der Waals surface area contributed by atoms with Crippen molar-refractivity contribution < 1.29 is 0 Å². The van der Waals surface area contributed by atoms with E-state index in [1.807, 2.05) is 11.3 Å². The van der Waals surface area contributed by atoms with Gasteiger partial charge in [-0.25, -0.2) is 0 Å². The van der Waals surface area contributed by atoms with Gasteiger partial charge in [0.1, 0.15) is 0 Å². The Morgan fingerprint density at radius 2 is 1.95 bits per heavy atom. The summed E-state index contributed by atoms with van der Waals surface area (Å²) in [5.41, 5.74) is 2.65. The van der Waals surface area contributed by atoms with Gasteiger partial charge >= 0.3 is 0 Å². The van der Waals surface area contributed by atoms with Crippen LogP contribution >= 0.6 is 27.3 Å². The fourth-order valence-corrected chi connectivity index (χ4v) is 4.11. The summed E-state index contributed by atoms with van der Waals surface area (Å²) in [4.78, 5) is 2.78. The zero-order valence-corrected chi connectivity index (χ0v) is 14.9. The molecular weight excluding hydrogens is 330 g/mol. The first-order chi connectivity index (χ1) is 9.52. The van der Waals surface area contributed by atoms with Crippen LogP contribution in [0.25, 0.3) is 10.4 Å². The van der Waals surface area contributed by atoms with E-state index in [4.69, 9.17) is 0 Å². The average Bonchev–Trinajstić information content (AvgIpc) is 2.87. The molecule has 0 saturated carbocycles. The molecule has 108 valence electrons. The van der Waals surface area contributed by atoms with E-state index >= 15 is 0 Å². The van der Waals surface area contributed by atoms with Crippen molar-refractivity contribution in [3.8, 4) is 10.4 Å². The minimum absolute atomic E-state index is 0.450. The van der Waals surface area contributed by atoms with Gasteiger partial charge in [0.2, 0.25) is 0 Å². The van der Waals surface area contributed by atoms with Crippen molar-refractivity contribution in [2.75, 3.05) is 6.54 Å². The van der Waals surface area contributed by atoms with Crippen LogP contribution in [0.2, 0.25) is 0 Å². The van der Waals surface area contributed by atoms with Crippen molar-refractivity contribution in [2.45, 2.75) is 33.7 Å². The molecule has 0 bridgehead atoms. The highest BCUT2D eigenvalue weighted by Gasteiger charge is 2.17. The summed E-state index contributed by atoms with van der Waals surface area (Å²) >= 11 is 5.47. The van der Waals surface area contributed by atoms with Gasteiger partial charge in [0.15, 0.2) is 0 Å². The van der Waals surface area contributed by atoms with Crippen LogP contribution in [0.4, 0.5) is 0 Å². The van der Waals surface area contributed by atoms with Gasteiger partial charge in [0, 0.05) is 20.3 Å². The number of halogens is 1. The highest BCUT2D eigenvalue weighted by Crippen LogP contribution is 2.36. The van der Waals surface area contributed by atoms with Gasteiger partial charge in [-0.1, -0.05) is 42.8 Å². The lowest BCUT2D eigenvalue weighted by molar-refractivity contribution is 0.428. The molecule has 0 fully saturated rings. The Morgan fingerprint density at radius 3 is 2.60 bits per heavy atom. The zero-order chi connectivity index (χ0) is 14.7. The lowest BCUT2D eigenvalue weighted by atomic mass is 10.0. The topological polar surface area (TPSA) is 12.0 Å². The van der Waals surface area contributed by atoms with Crippen molar-refractivity contribution in [1.82, 2.24) is 5.32 Å². The van der Waals surface area contributed by atoms with E-state index in [1.165, 1.54) is 20.9 Å². The predicted octanol–water partition coefficient (Wildman–Crippen LogP) is 5.79. The minimum Gasteiger partial charge on any atom is -0.309 e. The van der Waals surface area contributed by atoms with Crippen LogP contribution in [0.3, 0.4) is 0 Å². The Bertz CT molecular complexity index is 574. The summed E-state index contributed by atoms with van der Waals surface area (Å²) in [6.45, 7) is 9.90. The molecule has 1 N–H and O–H groups in total. The molecular formula is C17H22BrNS. The molecule has 0 amide bonds. The number of benzene rings is 1. The second-order valence-corrected chi connectivity index (χ2v) is 7.47. The summed E-state index contributed by atoms with van der Waals surface area (Å²) in [6, 6.07) is 11.5. The Kier molecular flexibility index (Phi) is 5.42. The number of hydrogen-bond acceptors (Lipinski definition) is 2. The fourth-order valence-electron chi connectivity index (χ4n) is 2.41. The van der Waals surface area contributed by atoms with E-state index in [0.717, 1.165) is 11.0 Å². The second-order valence-electron chi connectivity index (χ2n) is 5.44. The molecule has 1 aromatic heterocycles. The zero-order valence-electron chi connectivity index (χ0n) is 12.5. The van der Waals surface area contributed by atoms with Gasteiger partial charge in [0.25, 0.3) is 0 Å². The third kappa shape index (κ3) is 3.51. The molecule has 1 heterocycles. The quantitative estimate of drug-likeness (QED) is 0.718. The molecule has 0 aliphatic rings. The highest BCUT2D eigenvalue weighted by molar-refractivity contribution is 9.10. The van der Waals surface area contributed by atoms with Crippen LogP contribution in [0.5, 0.6) is 0 Å². The molecule has 1 nitrogen and oxygen atoms in total. The Morgan fingerprint density at radius 1 is 1.20 bits per heavy atom. The Labute approximate surface area is 134 Å². The maximum absolute atomic E-state index is 3.59. The van der Waals surface area contributed by atoms with Crippen molar-refractivity contribution in [1.29, 1.82) is 0 Å². The lowest BCUT2D eigenvalue weighted by Gasteiger charge is -2.20. The van der Waals surface area contributed by atoms with Gasteiger partial charge in [-0.2, -0.15) is 0 Å². The number of rotatable bonds is 5. The standard InChI is InChI=1S/C17H22BrNS/c1-5-19-17(11(2)3)16-9-8-15(20-16)14-10-13(18)7-6-12(14)4/h6-11,17,19H,5H2,1-4H3. The molecule has 2 rings (SSSR count). The second kappa shape index (κ2) is 6.88. The van der Waals surface area contributed by atoms with Crippen molar-refractivity contribution in [3.63, 3.8) is 0 Å². The first-order valence-corrected chi connectivity index (χ1v) is 8.73. The molecule has 0 radical (unpaired) electrons. The SMILES string of the molecule is CCNC(c1ccc(-c2cc(Br)ccc2C)s1)C(C)C. The molecule has 0 aliphatic heterocycles. The number of nitrogens with one attached hydrogen (secondary N) is 1. The van der Waals surface area contributed by atoms with E-state index in [-0.39, 0.29) is 0 Å². The van der Waals surface area contributed by atoms with E-state index in [9.17, 15) is 0 Å². The largest absolute Gasteiger partial charge is 0.309 e. The maximum Gasteiger partial charge on any atom is 0.0438 e. The third-order valence-corrected chi connectivity index (χ3v) is 5.18. The van der Waals surface area contributed by atoms with Crippen LogP contribution < -0.4 is 5.32 Å². The number of aryl methyl sites for hydroxylation is 1. The molecule has 3 heteroatoms. The van der Waals surface area contributed by atoms with Gasteiger partial charge in [0.05, 0.1) is 0 Å². The average molecular weight is 352 g/mol. The lowest BCUT2D eigenvalue weighted by Crippen LogP contribution is -2.24. The molecule has 1 unspecified atom stereocenters. The highest BCUT2D eigenvalue weighted by atomic mass is 79.9. The monoisotopic (exact) mass is 351 g/mol. The first kappa shape index (κ1) is 15.7. The van der Waals surface area contributed by atoms with Gasteiger partial charge < -0.3 is 5.32 Å². The van der Waals surface area contributed by atoms with Crippen molar-refractivity contribution >= 4 is 27.3 Å². The normalized spacial score (nSPS) is 12.9. The van der Waals surface area contributed by atoms with E-state index in [2.05, 4.69) is 79.3 Å². The summed E-state index contributed by atoms with van der Waals surface area (Å²) in [5.74, 6) is 0.602. The molecule has 0 saturated heterocycles. The van der Waals surface area contributed by atoms with Gasteiger partial charge in [-0.05, 0) is 54.8 Å². The van der Waals surface area contributed by atoms with Crippen molar-refractivity contribution in [2.24, 2.45) is 5.92 Å². The third-order valence-electron chi connectivity index (χ3n) is 3.49. The molecule has 0 aliphatic carbocycles. The minimum atomic E-state index is 0.450. The Hall–Kier alpha value is -0.640. The van der Waals surface area contributed by atoms with Crippen molar-refractivity contribution in [3.05, 3.63) is 45.2 Å². The van der Waals surface area contributed by atoms with Crippen LogP contribution in [0, 0.1) is 12.8 Å². The smallest absolute Gasteiger partial charge is 0.0438 e. The summed E-state index contributed by atoms with van der Waals surface area (Å²) in [6.07, 6.45) is 0. The summed E-state index contributed by atoms with van der Waals surface area (Å²) in [5, 5.41) is 3.59. The first-order valence-electron chi connectivity index (χ1n) is 7.12. The molecule has 1 atom stereocenters. The van der Waals surface area contributed by atoms with E-state index in [1.54, 1.807) is 0 Å². The maximum atomic E-state index is 3.59.